The average Bonchev–Trinajstić information content (AvgIpc) is 2.25. The Labute approximate surface area is 100 Å². The minimum Gasteiger partial charge on any atom is -0.550 e. The van der Waals surface area contributed by atoms with Gasteiger partial charge < -0.3 is 15.2 Å². The molecule has 0 radical (unpaired) electrons. The van der Waals surface area contributed by atoms with Crippen molar-refractivity contribution >= 4 is 17.6 Å². The molecule has 1 rings (SSSR count). The lowest BCUT2D eigenvalue weighted by Crippen LogP contribution is -2.22. The first-order chi connectivity index (χ1) is 8.40. The largest absolute Gasteiger partial charge is 0.550 e. The van der Waals surface area contributed by atoms with Crippen molar-refractivity contribution in [1.82, 2.24) is 0 Å². The molecule has 0 saturated heterocycles. The van der Waals surface area contributed by atoms with E-state index in [1.807, 2.05) is 5.32 Å². The fourth-order valence-corrected chi connectivity index (χ4v) is 1.22. The molecular weight excluding hydrogens is 251 g/mol. The molecule has 1 aromatic rings. The van der Waals surface area contributed by atoms with Gasteiger partial charge in [0.1, 0.15) is 5.82 Å². The quantitative estimate of drug-likeness (QED) is 0.802. The zero-order valence-electron chi connectivity index (χ0n) is 9.13. The number of anilines is 1. The van der Waals surface area contributed by atoms with Crippen molar-refractivity contribution in [3.05, 3.63) is 29.6 Å². The molecule has 0 saturated carbocycles. The molecule has 0 aliphatic carbocycles. The average molecular weight is 260 g/mol. The number of benzene rings is 1. The van der Waals surface area contributed by atoms with Crippen LogP contribution in [-0.4, -0.2) is 11.9 Å². The molecule has 18 heavy (non-hydrogen) atoms. The highest BCUT2D eigenvalue weighted by Gasteiger charge is 2.12. The van der Waals surface area contributed by atoms with Gasteiger partial charge in [-0.1, -0.05) is 0 Å². The number of nitrogens with one attached hydrogen (secondary N) is 1. The number of hydrogen-bond acceptors (Lipinski definition) is 3. The number of carboxylic acids is 1. The van der Waals surface area contributed by atoms with Crippen molar-refractivity contribution in [2.75, 3.05) is 5.32 Å². The second-order valence-electron chi connectivity index (χ2n) is 3.52. The van der Waals surface area contributed by atoms with Crippen LogP contribution in [0.15, 0.2) is 12.1 Å². The van der Waals surface area contributed by atoms with Crippen LogP contribution in [0.4, 0.5) is 18.9 Å². The highest BCUT2D eigenvalue weighted by Crippen LogP contribution is 2.18. The molecule has 0 bridgehead atoms. The predicted molar refractivity (Wildman–Crippen MR) is 53.8 cm³/mol. The van der Waals surface area contributed by atoms with Crippen LogP contribution in [0.2, 0.25) is 0 Å². The molecule has 0 fully saturated rings. The molecular formula is C11H9F3NO3-. The van der Waals surface area contributed by atoms with Crippen LogP contribution < -0.4 is 10.4 Å². The summed E-state index contributed by atoms with van der Waals surface area (Å²) in [5.41, 5.74) is -0.493. The Morgan fingerprint density at radius 3 is 2.28 bits per heavy atom. The Morgan fingerprint density at radius 2 is 1.67 bits per heavy atom. The standard InChI is InChI=1S/C11H10F3NO3/c12-6-4-8(14)9(5-7(6)13)15-10(16)2-1-3-11(17)18/h4-5H,1-3H2,(H,15,16)(H,17,18)/p-1. The summed E-state index contributed by atoms with van der Waals surface area (Å²) in [6, 6.07) is 0.827. The van der Waals surface area contributed by atoms with Crippen molar-refractivity contribution in [1.29, 1.82) is 0 Å². The van der Waals surface area contributed by atoms with Gasteiger partial charge in [-0.3, -0.25) is 4.79 Å². The number of aliphatic carboxylic acids is 1. The van der Waals surface area contributed by atoms with E-state index in [-0.39, 0.29) is 19.3 Å². The molecule has 1 amide bonds. The van der Waals surface area contributed by atoms with E-state index >= 15 is 0 Å². The number of halogens is 3. The lowest BCUT2D eigenvalue weighted by Gasteiger charge is -2.07. The molecule has 0 aromatic heterocycles. The number of carbonyl (C=O) groups excluding carboxylic acids is 2. The fraction of sp³-hybridized carbons (Fsp3) is 0.273. The van der Waals surface area contributed by atoms with E-state index in [1.165, 1.54) is 0 Å². The van der Waals surface area contributed by atoms with Gasteiger partial charge in [-0.2, -0.15) is 0 Å². The van der Waals surface area contributed by atoms with Gasteiger partial charge in [-0.15, -0.1) is 0 Å². The number of amides is 1. The summed E-state index contributed by atoms with van der Waals surface area (Å²) in [6.45, 7) is 0. The molecule has 0 spiro atoms. The normalized spacial score (nSPS) is 10.2. The van der Waals surface area contributed by atoms with Crippen LogP contribution in [-0.2, 0) is 9.59 Å². The Hall–Kier alpha value is -2.05. The van der Waals surface area contributed by atoms with Crippen molar-refractivity contribution in [3.8, 4) is 0 Å². The van der Waals surface area contributed by atoms with Gasteiger partial charge in [0.05, 0.1) is 5.69 Å². The summed E-state index contributed by atoms with van der Waals surface area (Å²) in [5, 5.41) is 12.1. The molecule has 0 unspecified atom stereocenters. The molecule has 0 atom stereocenters. The molecule has 7 heteroatoms. The Morgan fingerprint density at radius 1 is 1.06 bits per heavy atom. The summed E-state index contributed by atoms with van der Waals surface area (Å²) < 4.78 is 38.5. The SMILES string of the molecule is O=C([O-])CCCC(=O)Nc1cc(F)c(F)cc1F. The Balaban J connectivity index is 2.59. The van der Waals surface area contributed by atoms with E-state index < -0.39 is 35.0 Å². The van der Waals surface area contributed by atoms with E-state index in [9.17, 15) is 27.9 Å². The first-order valence-corrected chi connectivity index (χ1v) is 5.04. The number of carboxylic acid groups (broad SMARTS) is 1. The van der Waals surface area contributed by atoms with E-state index in [0.29, 0.717) is 12.1 Å². The van der Waals surface area contributed by atoms with Gasteiger partial charge in [0.15, 0.2) is 11.6 Å². The van der Waals surface area contributed by atoms with Gasteiger partial charge in [0, 0.05) is 24.5 Å². The van der Waals surface area contributed by atoms with Crippen molar-refractivity contribution in [2.45, 2.75) is 19.3 Å². The second-order valence-corrected chi connectivity index (χ2v) is 3.52. The van der Waals surface area contributed by atoms with Crippen LogP contribution in [0.25, 0.3) is 0 Å². The van der Waals surface area contributed by atoms with E-state index in [0.717, 1.165) is 0 Å². The summed E-state index contributed by atoms with van der Waals surface area (Å²) in [6.07, 6.45) is -0.487. The summed E-state index contributed by atoms with van der Waals surface area (Å²) in [7, 11) is 0. The van der Waals surface area contributed by atoms with Gasteiger partial charge in [0.2, 0.25) is 5.91 Å². The summed E-state index contributed by atoms with van der Waals surface area (Å²) in [4.78, 5) is 21.3. The van der Waals surface area contributed by atoms with Crippen molar-refractivity contribution in [3.63, 3.8) is 0 Å². The molecule has 0 aliphatic rings. The number of hydrogen-bond donors (Lipinski definition) is 1. The molecule has 4 nitrogen and oxygen atoms in total. The van der Waals surface area contributed by atoms with Crippen molar-refractivity contribution in [2.24, 2.45) is 0 Å². The third-order valence-corrected chi connectivity index (χ3v) is 2.07. The third kappa shape index (κ3) is 4.08. The monoisotopic (exact) mass is 260 g/mol. The first-order valence-electron chi connectivity index (χ1n) is 5.04. The Kier molecular flexibility index (Phi) is 4.70. The van der Waals surface area contributed by atoms with Crippen molar-refractivity contribution < 1.29 is 27.9 Å². The minimum atomic E-state index is -1.36. The lowest BCUT2D eigenvalue weighted by molar-refractivity contribution is -0.305. The van der Waals surface area contributed by atoms with Crippen LogP contribution in [0.1, 0.15) is 19.3 Å². The summed E-state index contributed by atoms with van der Waals surface area (Å²) >= 11 is 0. The maximum Gasteiger partial charge on any atom is 0.224 e. The number of carbonyl (C=O) groups is 2. The molecule has 0 heterocycles. The zero-order valence-corrected chi connectivity index (χ0v) is 9.13. The van der Waals surface area contributed by atoms with Gasteiger partial charge in [-0.05, 0) is 12.8 Å². The zero-order chi connectivity index (χ0) is 13.7. The molecule has 98 valence electrons. The highest BCUT2D eigenvalue weighted by molar-refractivity contribution is 5.90. The lowest BCUT2D eigenvalue weighted by atomic mass is 10.2. The fourth-order valence-electron chi connectivity index (χ4n) is 1.22. The van der Waals surface area contributed by atoms with Crippen LogP contribution in [0.3, 0.4) is 0 Å². The highest BCUT2D eigenvalue weighted by atomic mass is 19.2. The van der Waals surface area contributed by atoms with Crippen LogP contribution in [0.5, 0.6) is 0 Å². The first kappa shape index (κ1) is 14.0. The third-order valence-electron chi connectivity index (χ3n) is 2.07. The van der Waals surface area contributed by atoms with Gasteiger partial charge in [0.25, 0.3) is 0 Å². The maximum absolute atomic E-state index is 13.1. The maximum atomic E-state index is 13.1. The smallest absolute Gasteiger partial charge is 0.224 e. The summed E-state index contributed by atoms with van der Waals surface area (Å²) in [5.74, 6) is -5.76. The van der Waals surface area contributed by atoms with E-state index in [4.69, 9.17) is 0 Å². The van der Waals surface area contributed by atoms with Gasteiger partial charge >= 0.3 is 0 Å². The topological polar surface area (TPSA) is 69.2 Å². The Bertz CT molecular complexity index is 477. The molecule has 1 aromatic carbocycles. The minimum absolute atomic E-state index is 0.0134. The van der Waals surface area contributed by atoms with E-state index in [2.05, 4.69) is 0 Å². The second kappa shape index (κ2) is 6.04. The van der Waals surface area contributed by atoms with Crippen LogP contribution >= 0.6 is 0 Å². The molecule has 1 N–H and O–H groups in total. The molecule has 0 aliphatic heterocycles. The van der Waals surface area contributed by atoms with Gasteiger partial charge in [-0.25, -0.2) is 13.2 Å². The number of rotatable bonds is 5. The van der Waals surface area contributed by atoms with Crippen LogP contribution in [0, 0.1) is 17.5 Å². The van der Waals surface area contributed by atoms with E-state index in [1.54, 1.807) is 0 Å². The predicted octanol–water partition coefficient (Wildman–Crippen LogP) is 0.963.